The van der Waals surface area contributed by atoms with E-state index in [-0.39, 0.29) is 23.1 Å². The van der Waals surface area contributed by atoms with Gasteiger partial charge in [0.05, 0.1) is 16.7 Å². The third-order valence-corrected chi connectivity index (χ3v) is 5.62. The number of imide groups is 1. The molecule has 3 aromatic rings. The van der Waals surface area contributed by atoms with E-state index < -0.39 is 0 Å². The van der Waals surface area contributed by atoms with Gasteiger partial charge in [0.15, 0.2) is 5.16 Å². The average Bonchev–Trinajstić information content (AvgIpc) is 3.08. The zero-order chi connectivity index (χ0) is 18.3. The molecule has 0 radical (unpaired) electrons. The third-order valence-electron chi connectivity index (χ3n) is 4.60. The first-order valence-corrected chi connectivity index (χ1v) is 9.39. The van der Waals surface area contributed by atoms with E-state index >= 15 is 0 Å². The Hall–Kier alpha value is -2.67. The molecule has 1 aliphatic heterocycles. The summed E-state index contributed by atoms with van der Waals surface area (Å²) in [7, 11) is 1.65. The molecule has 0 bridgehead atoms. The fourth-order valence-corrected chi connectivity index (χ4v) is 4.03. The second-order valence-electron chi connectivity index (χ2n) is 6.31. The highest BCUT2D eigenvalue weighted by Gasteiger charge is 2.26. The van der Waals surface area contributed by atoms with Crippen LogP contribution in [0.2, 0.25) is 0 Å². The van der Waals surface area contributed by atoms with Crippen molar-refractivity contribution in [2.24, 2.45) is 7.05 Å². The van der Waals surface area contributed by atoms with E-state index in [9.17, 15) is 14.4 Å². The molecule has 4 rings (SSSR count). The number of fused-ring (bicyclic) bond motifs is 2. The molecule has 2 amide bonds. The van der Waals surface area contributed by atoms with E-state index in [0.717, 1.165) is 17.2 Å². The lowest BCUT2D eigenvalue weighted by Gasteiger charge is -2.14. The first-order chi connectivity index (χ1) is 12.5. The molecule has 2 aromatic carbocycles. The van der Waals surface area contributed by atoms with Crippen molar-refractivity contribution in [2.45, 2.75) is 18.0 Å². The standard InChI is InChI=1S/C19H17N3O3S/c1-21-18(25)14-9-12-5-2-3-6-13(12)10-15(14)20-19(21)26-11-17(24)22-8-4-7-16(22)23/h2-3,5-6,9-10H,4,7-8,11H2,1H3. The summed E-state index contributed by atoms with van der Waals surface area (Å²) in [6, 6.07) is 11.6. The van der Waals surface area contributed by atoms with E-state index in [0.29, 0.717) is 29.0 Å². The van der Waals surface area contributed by atoms with Crippen molar-refractivity contribution in [2.75, 3.05) is 12.3 Å². The lowest BCUT2D eigenvalue weighted by molar-refractivity contribution is -0.140. The van der Waals surface area contributed by atoms with Gasteiger partial charge in [-0.15, -0.1) is 0 Å². The molecule has 0 spiro atoms. The van der Waals surface area contributed by atoms with Crippen molar-refractivity contribution in [3.05, 3.63) is 46.8 Å². The van der Waals surface area contributed by atoms with Gasteiger partial charge >= 0.3 is 0 Å². The van der Waals surface area contributed by atoms with Crippen molar-refractivity contribution < 1.29 is 9.59 Å². The fraction of sp³-hybridized carbons (Fsp3) is 0.263. The highest BCUT2D eigenvalue weighted by molar-refractivity contribution is 7.99. The summed E-state index contributed by atoms with van der Waals surface area (Å²) in [6.45, 7) is 0.480. The van der Waals surface area contributed by atoms with Gasteiger partial charge in [-0.2, -0.15) is 0 Å². The van der Waals surface area contributed by atoms with Gasteiger partial charge in [-0.25, -0.2) is 4.98 Å². The Bertz CT molecular complexity index is 1110. The zero-order valence-electron chi connectivity index (χ0n) is 14.3. The summed E-state index contributed by atoms with van der Waals surface area (Å²) < 4.78 is 1.46. The van der Waals surface area contributed by atoms with E-state index in [1.807, 2.05) is 36.4 Å². The molecule has 132 valence electrons. The monoisotopic (exact) mass is 367 g/mol. The molecule has 0 aliphatic carbocycles. The van der Waals surface area contributed by atoms with Gasteiger partial charge in [-0.1, -0.05) is 36.0 Å². The Balaban J connectivity index is 1.68. The number of thioether (sulfide) groups is 1. The molecule has 26 heavy (non-hydrogen) atoms. The van der Waals surface area contributed by atoms with Crippen molar-refractivity contribution in [1.82, 2.24) is 14.5 Å². The largest absolute Gasteiger partial charge is 0.290 e. The number of carbonyl (C=O) groups is 2. The average molecular weight is 367 g/mol. The minimum atomic E-state index is -0.231. The van der Waals surface area contributed by atoms with Crippen LogP contribution in [0.15, 0.2) is 46.3 Å². The summed E-state index contributed by atoms with van der Waals surface area (Å²) in [5.74, 6) is -0.266. The minimum Gasteiger partial charge on any atom is -0.290 e. The summed E-state index contributed by atoms with van der Waals surface area (Å²) in [5.41, 5.74) is 0.465. The Morgan fingerprint density at radius 1 is 1.19 bits per heavy atom. The number of nitrogens with zero attached hydrogens (tertiary/aromatic N) is 3. The highest BCUT2D eigenvalue weighted by Crippen LogP contribution is 2.23. The SMILES string of the molecule is Cn1c(SCC(=O)N2CCCC2=O)nc2cc3ccccc3cc2c1=O. The Labute approximate surface area is 153 Å². The van der Waals surface area contributed by atoms with Crippen LogP contribution >= 0.6 is 11.8 Å². The van der Waals surface area contributed by atoms with Gasteiger partial charge in [0.2, 0.25) is 11.8 Å². The van der Waals surface area contributed by atoms with E-state index in [4.69, 9.17) is 0 Å². The number of hydrogen-bond donors (Lipinski definition) is 0. The zero-order valence-corrected chi connectivity index (χ0v) is 15.1. The number of hydrogen-bond acceptors (Lipinski definition) is 5. The Morgan fingerprint density at radius 3 is 2.62 bits per heavy atom. The smallest absolute Gasteiger partial charge is 0.261 e. The van der Waals surface area contributed by atoms with Crippen LogP contribution in [0.5, 0.6) is 0 Å². The van der Waals surface area contributed by atoms with Crippen LogP contribution in [0.1, 0.15) is 12.8 Å². The van der Waals surface area contributed by atoms with E-state index in [2.05, 4.69) is 4.98 Å². The van der Waals surface area contributed by atoms with Crippen LogP contribution in [0.4, 0.5) is 0 Å². The lowest BCUT2D eigenvalue weighted by Crippen LogP contribution is -2.33. The van der Waals surface area contributed by atoms with Crippen LogP contribution in [-0.4, -0.2) is 38.6 Å². The van der Waals surface area contributed by atoms with E-state index in [1.54, 1.807) is 7.05 Å². The maximum absolute atomic E-state index is 12.7. The van der Waals surface area contributed by atoms with Gasteiger partial charge in [0, 0.05) is 20.0 Å². The predicted molar refractivity (Wildman–Crippen MR) is 101 cm³/mol. The Kier molecular flexibility index (Phi) is 4.24. The molecule has 7 heteroatoms. The summed E-state index contributed by atoms with van der Waals surface area (Å²) >= 11 is 1.19. The van der Waals surface area contributed by atoms with Crippen LogP contribution in [0.25, 0.3) is 21.7 Å². The van der Waals surface area contributed by atoms with Crippen molar-refractivity contribution in [3.63, 3.8) is 0 Å². The van der Waals surface area contributed by atoms with Gasteiger partial charge in [-0.05, 0) is 29.3 Å². The fourth-order valence-electron chi connectivity index (χ4n) is 3.18. The normalized spacial score (nSPS) is 14.5. The second-order valence-corrected chi connectivity index (χ2v) is 7.25. The predicted octanol–water partition coefficient (Wildman–Crippen LogP) is 2.33. The summed E-state index contributed by atoms with van der Waals surface area (Å²) in [6.07, 6.45) is 1.14. The van der Waals surface area contributed by atoms with Crippen molar-refractivity contribution >= 4 is 45.3 Å². The van der Waals surface area contributed by atoms with Gasteiger partial charge in [0.1, 0.15) is 0 Å². The molecule has 0 unspecified atom stereocenters. The quantitative estimate of drug-likeness (QED) is 0.404. The molecule has 2 heterocycles. The number of likely N-dealkylation sites (tertiary alicyclic amines) is 1. The molecule has 1 saturated heterocycles. The molecule has 1 fully saturated rings. The summed E-state index contributed by atoms with van der Waals surface area (Å²) in [4.78, 5) is 42.5. The number of carbonyl (C=O) groups excluding carboxylic acids is 2. The highest BCUT2D eigenvalue weighted by atomic mass is 32.2. The molecule has 6 nitrogen and oxygen atoms in total. The molecule has 1 aromatic heterocycles. The Morgan fingerprint density at radius 2 is 1.92 bits per heavy atom. The third kappa shape index (κ3) is 2.88. The molecular weight excluding hydrogens is 350 g/mol. The number of benzene rings is 2. The second kappa shape index (κ2) is 6.57. The molecular formula is C19H17N3O3S. The lowest BCUT2D eigenvalue weighted by atomic mass is 10.1. The van der Waals surface area contributed by atoms with Crippen molar-refractivity contribution in [3.8, 4) is 0 Å². The van der Waals surface area contributed by atoms with Crippen LogP contribution in [0, 0.1) is 0 Å². The van der Waals surface area contributed by atoms with Gasteiger partial charge < -0.3 is 0 Å². The first kappa shape index (κ1) is 16.8. The number of amides is 2. The molecule has 0 atom stereocenters. The minimum absolute atomic E-state index is 0.0884. The van der Waals surface area contributed by atoms with Crippen molar-refractivity contribution in [1.29, 1.82) is 0 Å². The molecule has 0 saturated carbocycles. The summed E-state index contributed by atoms with van der Waals surface area (Å²) in [5, 5.41) is 3.02. The number of rotatable bonds is 3. The maximum Gasteiger partial charge on any atom is 0.261 e. The topological polar surface area (TPSA) is 72.3 Å². The first-order valence-electron chi connectivity index (χ1n) is 8.40. The number of aromatic nitrogens is 2. The van der Waals surface area contributed by atoms with Gasteiger partial charge in [0.25, 0.3) is 5.56 Å². The van der Waals surface area contributed by atoms with Crippen LogP contribution in [0.3, 0.4) is 0 Å². The molecule has 0 N–H and O–H groups in total. The van der Waals surface area contributed by atoms with Gasteiger partial charge in [-0.3, -0.25) is 23.9 Å². The van der Waals surface area contributed by atoms with E-state index in [1.165, 1.54) is 21.2 Å². The van der Waals surface area contributed by atoms with Crippen LogP contribution in [-0.2, 0) is 16.6 Å². The maximum atomic E-state index is 12.7. The molecule has 1 aliphatic rings. The van der Waals surface area contributed by atoms with Crippen LogP contribution < -0.4 is 5.56 Å².